The fourth-order valence-electron chi connectivity index (χ4n) is 1.09. The fourth-order valence-corrected chi connectivity index (χ4v) is 1.19. The summed E-state index contributed by atoms with van der Waals surface area (Å²) in [6.45, 7) is 0. The lowest BCUT2D eigenvalue weighted by Crippen LogP contribution is -2.11. The fraction of sp³-hybridized carbons (Fsp3) is 0.250. The van der Waals surface area contributed by atoms with E-state index in [-0.39, 0.29) is 5.95 Å². The van der Waals surface area contributed by atoms with E-state index < -0.39 is 0 Å². The zero-order chi connectivity index (χ0) is 11.7. The Bertz CT molecular complexity index is 490. The van der Waals surface area contributed by atoms with Gasteiger partial charge in [0.2, 0.25) is 11.9 Å². The Morgan fingerprint density at radius 2 is 2.06 bits per heavy atom. The molecule has 0 unspecified atom stereocenters. The molecule has 2 aromatic heterocycles. The Hall–Kier alpha value is -1.89. The Labute approximate surface area is 96.9 Å². The van der Waals surface area contributed by atoms with Gasteiger partial charge in [0.1, 0.15) is 0 Å². The van der Waals surface area contributed by atoms with E-state index in [1.165, 1.54) is 4.68 Å². The summed E-state index contributed by atoms with van der Waals surface area (Å²) in [4.78, 5) is 5.81. The molecule has 8 heteroatoms. The SMILES string of the molecule is CN(C)c1nc(N)n(-c2ccc(Cl)nn2)n1. The molecule has 2 heterocycles. The van der Waals surface area contributed by atoms with Crippen LogP contribution in [0.2, 0.25) is 5.15 Å². The second-order valence-corrected chi connectivity index (χ2v) is 3.68. The minimum absolute atomic E-state index is 0.250. The monoisotopic (exact) mass is 239 g/mol. The number of hydrogen-bond acceptors (Lipinski definition) is 6. The van der Waals surface area contributed by atoms with Crippen LogP contribution in [0.5, 0.6) is 0 Å². The number of halogens is 1. The molecule has 0 fully saturated rings. The molecule has 2 rings (SSSR count). The quantitative estimate of drug-likeness (QED) is 0.814. The normalized spacial score (nSPS) is 10.4. The maximum Gasteiger partial charge on any atom is 0.246 e. The predicted molar refractivity (Wildman–Crippen MR) is 60.7 cm³/mol. The highest BCUT2D eigenvalue weighted by atomic mass is 35.5. The summed E-state index contributed by atoms with van der Waals surface area (Å²) in [5, 5.41) is 12.1. The molecule has 0 aromatic carbocycles. The molecule has 0 radical (unpaired) electrons. The highest BCUT2D eigenvalue weighted by molar-refractivity contribution is 6.29. The van der Waals surface area contributed by atoms with Crippen molar-refractivity contribution in [1.29, 1.82) is 0 Å². The summed E-state index contributed by atoms with van der Waals surface area (Å²) >= 11 is 5.64. The van der Waals surface area contributed by atoms with Gasteiger partial charge in [0.15, 0.2) is 11.0 Å². The van der Waals surface area contributed by atoms with Crippen molar-refractivity contribution >= 4 is 23.5 Å². The first-order valence-corrected chi connectivity index (χ1v) is 4.85. The molecular weight excluding hydrogens is 230 g/mol. The molecule has 16 heavy (non-hydrogen) atoms. The van der Waals surface area contributed by atoms with Gasteiger partial charge in [0, 0.05) is 14.1 Å². The summed E-state index contributed by atoms with van der Waals surface area (Å²) in [5.41, 5.74) is 5.71. The third-order valence-corrected chi connectivity index (χ3v) is 2.06. The lowest BCUT2D eigenvalue weighted by molar-refractivity contribution is 0.816. The summed E-state index contributed by atoms with van der Waals surface area (Å²) in [6.07, 6.45) is 0. The van der Waals surface area contributed by atoms with Crippen molar-refractivity contribution in [2.45, 2.75) is 0 Å². The second-order valence-electron chi connectivity index (χ2n) is 3.29. The topological polar surface area (TPSA) is 85.8 Å². The Morgan fingerprint density at radius 3 is 2.56 bits per heavy atom. The third kappa shape index (κ3) is 1.89. The van der Waals surface area contributed by atoms with Crippen molar-refractivity contribution < 1.29 is 0 Å². The molecule has 0 saturated carbocycles. The van der Waals surface area contributed by atoms with Gasteiger partial charge in [0.25, 0.3) is 0 Å². The van der Waals surface area contributed by atoms with Crippen LogP contribution in [-0.2, 0) is 0 Å². The Kier molecular flexibility index (Phi) is 2.61. The van der Waals surface area contributed by atoms with E-state index in [9.17, 15) is 0 Å². The molecule has 0 aliphatic rings. The number of rotatable bonds is 2. The van der Waals surface area contributed by atoms with Crippen molar-refractivity contribution in [3.8, 4) is 5.82 Å². The van der Waals surface area contributed by atoms with Gasteiger partial charge in [0.05, 0.1) is 0 Å². The second kappa shape index (κ2) is 3.93. The predicted octanol–water partition coefficient (Wildman–Crippen LogP) is 0.359. The lowest BCUT2D eigenvalue weighted by atomic mass is 10.5. The highest BCUT2D eigenvalue weighted by Crippen LogP contribution is 2.13. The van der Waals surface area contributed by atoms with E-state index in [4.69, 9.17) is 17.3 Å². The molecule has 84 valence electrons. The van der Waals surface area contributed by atoms with E-state index >= 15 is 0 Å². The van der Waals surface area contributed by atoms with Crippen molar-refractivity contribution in [1.82, 2.24) is 25.0 Å². The average molecular weight is 240 g/mol. The highest BCUT2D eigenvalue weighted by Gasteiger charge is 2.11. The Balaban J connectivity index is 2.44. The summed E-state index contributed by atoms with van der Waals surface area (Å²) < 4.78 is 1.40. The van der Waals surface area contributed by atoms with Crippen molar-refractivity contribution in [3.63, 3.8) is 0 Å². The average Bonchev–Trinajstić information content (AvgIpc) is 2.62. The Morgan fingerprint density at radius 1 is 1.31 bits per heavy atom. The van der Waals surface area contributed by atoms with Crippen molar-refractivity contribution in [3.05, 3.63) is 17.3 Å². The first-order valence-electron chi connectivity index (χ1n) is 4.47. The largest absolute Gasteiger partial charge is 0.368 e. The maximum absolute atomic E-state index is 5.71. The van der Waals surface area contributed by atoms with Crippen LogP contribution in [-0.4, -0.2) is 39.1 Å². The minimum Gasteiger partial charge on any atom is -0.368 e. The number of nitrogens with zero attached hydrogens (tertiary/aromatic N) is 6. The van der Waals surface area contributed by atoms with E-state index in [2.05, 4.69) is 20.3 Å². The van der Waals surface area contributed by atoms with E-state index in [0.29, 0.717) is 16.9 Å². The van der Waals surface area contributed by atoms with Crippen LogP contribution in [0.15, 0.2) is 12.1 Å². The smallest absolute Gasteiger partial charge is 0.246 e. The maximum atomic E-state index is 5.71. The first kappa shape index (κ1) is 10.6. The standard InChI is InChI=1S/C8H10ClN7/c1-15(2)8-11-7(10)16(14-8)6-4-3-5(9)12-13-6/h3-4H,1-2H3,(H2,10,11,14). The molecule has 0 amide bonds. The van der Waals surface area contributed by atoms with Crippen LogP contribution in [0.1, 0.15) is 0 Å². The summed E-state index contributed by atoms with van der Waals surface area (Å²) in [7, 11) is 3.65. The van der Waals surface area contributed by atoms with E-state index in [1.54, 1.807) is 17.0 Å². The van der Waals surface area contributed by atoms with Crippen molar-refractivity contribution in [2.24, 2.45) is 0 Å². The van der Waals surface area contributed by atoms with Gasteiger partial charge in [-0.15, -0.1) is 15.3 Å². The van der Waals surface area contributed by atoms with E-state index in [1.807, 2.05) is 14.1 Å². The summed E-state index contributed by atoms with van der Waals surface area (Å²) in [5.74, 6) is 1.23. The minimum atomic E-state index is 0.250. The van der Waals surface area contributed by atoms with Gasteiger partial charge in [-0.25, -0.2) is 0 Å². The molecular formula is C8H10ClN7. The molecule has 0 bridgehead atoms. The van der Waals surface area contributed by atoms with Crippen LogP contribution in [0.3, 0.4) is 0 Å². The van der Waals surface area contributed by atoms with Crippen LogP contribution in [0.25, 0.3) is 5.82 Å². The van der Waals surface area contributed by atoms with Crippen LogP contribution in [0, 0.1) is 0 Å². The number of aromatic nitrogens is 5. The van der Waals surface area contributed by atoms with Gasteiger partial charge in [-0.3, -0.25) is 0 Å². The van der Waals surface area contributed by atoms with Gasteiger partial charge >= 0.3 is 0 Å². The van der Waals surface area contributed by atoms with Gasteiger partial charge < -0.3 is 10.6 Å². The zero-order valence-electron chi connectivity index (χ0n) is 8.79. The number of anilines is 2. The number of hydrogen-bond donors (Lipinski definition) is 1. The summed E-state index contributed by atoms with van der Waals surface area (Å²) in [6, 6.07) is 3.28. The molecule has 2 N–H and O–H groups in total. The van der Waals surface area contributed by atoms with Crippen LogP contribution < -0.4 is 10.6 Å². The molecule has 0 atom stereocenters. The molecule has 0 saturated heterocycles. The molecule has 0 spiro atoms. The molecule has 7 nitrogen and oxygen atoms in total. The first-order chi connectivity index (χ1) is 7.58. The zero-order valence-corrected chi connectivity index (χ0v) is 9.55. The molecule has 0 aliphatic carbocycles. The van der Waals surface area contributed by atoms with Gasteiger partial charge in [-0.2, -0.15) is 9.67 Å². The van der Waals surface area contributed by atoms with Gasteiger partial charge in [-0.1, -0.05) is 11.6 Å². The number of nitrogen functional groups attached to an aromatic ring is 1. The van der Waals surface area contributed by atoms with Gasteiger partial charge in [-0.05, 0) is 12.1 Å². The molecule has 0 aliphatic heterocycles. The molecule has 2 aromatic rings. The number of nitrogens with two attached hydrogens (primary N) is 1. The van der Waals surface area contributed by atoms with Crippen LogP contribution in [0.4, 0.5) is 11.9 Å². The van der Waals surface area contributed by atoms with E-state index in [0.717, 1.165) is 0 Å². The van der Waals surface area contributed by atoms with Crippen LogP contribution >= 0.6 is 11.6 Å². The van der Waals surface area contributed by atoms with Crippen molar-refractivity contribution in [2.75, 3.05) is 24.7 Å². The lowest BCUT2D eigenvalue weighted by Gasteiger charge is -2.04. The third-order valence-electron chi connectivity index (χ3n) is 1.86.